The molecule has 5 heteroatoms. The van der Waals surface area contributed by atoms with Crippen LogP contribution in [-0.2, 0) is 11.3 Å². The van der Waals surface area contributed by atoms with Gasteiger partial charge in [0.1, 0.15) is 6.33 Å². The normalized spacial score (nSPS) is 14.9. The fourth-order valence-electron chi connectivity index (χ4n) is 2.13. The highest BCUT2D eigenvalue weighted by Gasteiger charge is 2.26. The molecule has 2 aromatic rings. The van der Waals surface area contributed by atoms with Gasteiger partial charge in [-0.3, -0.25) is 14.7 Å². The van der Waals surface area contributed by atoms with Crippen LogP contribution in [0.2, 0.25) is 0 Å². The summed E-state index contributed by atoms with van der Waals surface area (Å²) >= 11 is 0. The molecule has 0 atom stereocenters. The number of rotatable bonds is 4. The van der Waals surface area contributed by atoms with Crippen molar-refractivity contribution >= 4 is 11.9 Å². The van der Waals surface area contributed by atoms with Crippen LogP contribution in [-0.4, -0.2) is 20.7 Å². The van der Waals surface area contributed by atoms with E-state index in [0.29, 0.717) is 12.5 Å². The molecule has 1 fully saturated rings. The van der Waals surface area contributed by atoms with Crippen molar-refractivity contribution in [2.24, 2.45) is 5.92 Å². The minimum absolute atomic E-state index is 0.0635. The molecule has 5 nitrogen and oxygen atoms in total. The molecular weight excluding hydrogens is 240 g/mol. The zero-order valence-electron chi connectivity index (χ0n) is 10.6. The van der Waals surface area contributed by atoms with Crippen LogP contribution in [0.5, 0.6) is 0 Å². The van der Waals surface area contributed by atoms with E-state index in [9.17, 15) is 4.79 Å². The maximum atomic E-state index is 11.9. The summed E-state index contributed by atoms with van der Waals surface area (Å²) in [7, 11) is 0. The predicted molar refractivity (Wildman–Crippen MR) is 71.5 cm³/mol. The third kappa shape index (κ3) is 2.65. The molecule has 1 aromatic heterocycles. The number of anilines is 1. The molecule has 0 bridgehead atoms. The molecule has 0 aliphatic heterocycles. The zero-order chi connectivity index (χ0) is 13.1. The lowest BCUT2D eigenvalue weighted by Crippen LogP contribution is -2.29. The lowest BCUT2D eigenvalue weighted by Gasteiger charge is -2.23. The summed E-state index contributed by atoms with van der Waals surface area (Å²) < 4.78 is 1.85. The predicted octanol–water partition coefficient (Wildman–Crippen LogP) is 2.06. The SMILES string of the molecule is O=C(Nc1nncn1Cc1ccccc1)C1CCC1. The van der Waals surface area contributed by atoms with Crippen LogP contribution in [0.25, 0.3) is 0 Å². The minimum atomic E-state index is 0.0635. The first-order valence-corrected chi connectivity index (χ1v) is 6.55. The molecule has 19 heavy (non-hydrogen) atoms. The number of benzene rings is 1. The van der Waals surface area contributed by atoms with E-state index in [2.05, 4.69) is 15.5 Å². The highest BCUT2D eigenvalue weighted by atomic mass is 16.2. The van der Waals surface area contributed by atoms with Gasteiger partial charge >= 0.3 is 0 Å². The van der Waals surface area contributed by atoms with Gasteiger partial charge in [-0.2, -0.15) is 0 Å². The molecule has 0 spiro atoms. The summed E-state index contributed by atoms with van der Waals surface area (Å²) in [6, 6.07) is 10.0. The minimum Gasteiger partial charge on any atom is -0.295 e. The van der Waals surface area contributed by atoms with Crippen molar-refractivity contribution in [3.63, 3.8) is 0 Å². The molecule has 0 unspecified atom stereocenters. The fraction of sp³-hybridized carbons (Fsp3) is 0.357. The molecule has 1 heterocycles. The Balaban J connectivity index is 1.69. The van der Waals surface area contributed by atoms with Gasteiger partial charge in [0.25, 0.3) is 0 Å². The van der Waals surface area contributed by atoms with Gasteiger partial charge in [0, 0.05) is 5.92 Å². The van der Waals surface area contributed by atoms with Crippen LogP contribution in [0.1, 0.15) is 24.8 Å². The summed E-state index contributed by atoms with van der Waals surface area (Å²) in [4.78, 5) is 11.9. The molecule has 1 aromatic carbocycles. The van der Waals surface area contributed by atoms with Crippen molar-refractivity contribution in [1.82, 2.24) is 14.8 Å². The topological polar surface area (TPSA) is 59.8 Å². The van der Waals surface area contributed by atoms with Gasteiger partial charge in [-0.1, -0.05) is 36.8 Å². The Kier molecular flexibility index (Phi) is 3.27. The van der Waals surface area contributed by atoms with E-state index < -0.39 is 0 Å². The number of nitrogens with zero attached hydrogens (tertiary/aromatic N) is 3. The van der Waals surface area contributed by atoms with Gasteiger partial charge in [-0.05, 0) is 18.4 Å². The van der Waals surface area contributed by atoms with Crippen molar-refractivity contribution in [1.29, 1.82) is 0 Å². The Bertz CT molecular complexity index is 560. The standard InChI is InChI=1S/C14H16N4O/c19-13(12-7-4-8-12)16-14-17-15-10-18(14)9-11-5-2-1-3-6-11/h1-3,5-6,10,12H,4,7-9H2,(H,16,17,19). The second kappa shape index (κ2) is 5.22. The van der Waals surface area contributed by atoms with Crippen molar-refractivity contribution in [3.8, 4) is 0 Å². The first-order chi connectivity index (χ1) is 9.33. The number of aromatic nitrogens is 3. The highest BCUT2D eigenvalue weighted by molar-refractivity contribution is 5.91. The van der Waals surface area contributed by atoms with Gasteiger partial charge in [-0.25, -0.2) is 0 Å². The molecule has 1 N–H and O–H groups in total. The summed E-state index contributed by atoms with van der Waals surface area (Å²) in [5, 5.41) is 10.7. The van der Waals surface area contributed by atoms with E-state index in [1.807, 2.05) is 34.9 Å². The van der Waals surface area contributed by atoms with Gasteiger partial charge in [0.15, 0.2) is 0 Å². The highest BCUT2D eigenvalue weighted by Crippen LogP contribution is 2.27. The Morgan fingerprint density at radius 3 is 2.79 bits per heavy atom. The largest absolute Gasteiger partial charge is 0.295 e. The summed E-state index contributed by atoms with van der Waals surface area (Å²) in [6.07, 6.45) is 4.76. The monoisotopic (exact) mass is 256 g/mol. The first-order valence-electron chi connectivity index (χ1n) is 6.55. The van der Waals surface area contributed by atoms with Gasteiger partial charge in [0.05, 0.1) is 6.54 Å². The molecule has 1 amide bonds. The Labute approximate surface area is 111 Å². The average Bonchev–Trinajstić information content (AvgIpc) is 2.75. The Morgan fingerprint density at radius 1 is 1.32 bits per heavy atom. The third-order valence-electron chi connectivity index (χ3n) is 3.52. The number of hydrogen-bond acceptors (Lipinski definition) is 3. The first kappa shape index (κ1) is 11.9. The quantitative estimate of drug-likeness (QED) is 0.911. The molecular formula is C14H16N4O. The van der Waals surface area contributed by atoms with E-state index in [4.69, 9.17) is 0 Å². The van der Waals surface area contributed by atoms with Crippen LogP contribution in [0.3, 0.4) is 0 Å². The van der Waals surface area contributed by atoms with Crippen molar-refractivity contribution < 1.29 is 4.79 Å². The van der Waals surface area contributed by atoms with Gasteiger partial charge < -0.3 is 0 Å². The Morgan fingerprint density at radius 2 is 2.11 bits per heavy atom. The number of amides is 1. The number of hydrogen-bond donors (Lipinski definition) is 1. The molecule has 1 aliphatic carbocycles. The van der Waals surface area contributed by atoms with Crippen LogP contribution < -0.4 is 5.32 Å². The van der Waals surface area contributed by atoms with Gasteiger partial charge in [0.2, 0.25) is 11.9 Å². The van der Waals surface area contributed by atoms with Crippen molar-refractivity contribution in [2.45, 2.75) is 25.8 Å². The summed E-state index contributed by atoms with van der Waals surface area (Å²) in [5.41, 5.74) is 1.15. The van der Waals surface area contributed by atoms with Crippen molar-refractivity contribution in [2.75, 3.05) is 5.32 Å². The lowest BCUT2D eigenvalue weighted by molar-refractivity contribution is -0.122. The second-order valence-corrected chi connectivity index (χ2v) is 4.89. The smallest absolute Gasteiger partial charge is 0.231 e. The van der Waals surface area contributed by atoms with Crippen LogP contribution >= 0.6 is 0 Å². The maximum absolute atomic E-state index is 11.9. The molecule has 0 radical (unpaired) electrons. The molecule has 1 saturated carbocycles. The van der Waals surface area contributed by atoms with Crippen LogP contribution in [0, 0.1) is 5.92 Å². The van der Waals surface area contributed by atoms with E-state index >= 15 is 0 Å². The van der Waals surface area contributed by atoms with E-state index in [-0.39, 0.29) is 11.8 Å². The third-order valence-corrected chi connectivity index (χ3v) is 3.52. The fourth-order valence-corrected chi connectivity index (χ4v) is 2.13. The summed E-state index contributed by atoms with van der Waals surface area (Å²) in [5.74, 6) is 0.746. The number of nitrogens with one attached hydrogen (secondary N) is 1. The summed E-state index contributed by atoms with van der Waals surface area (Å²) in [6.45, 7) is 0.661. The molecule has 1 aliphatic rings. The van der Waals surface area contributed by atoms with Crippen LogP contribution in [0.4, 0.5) is 5.95 Å². The number of carbonyl (C=O) groups is 1. The van der Waals surface area contributed by atoms with Crippen LogP contribution in [0.15, 0.2) is 36.7 Å². The molecule has 0 saturated heterocycles. The van der Waals surface area contributed by atoms with E-state index in [0.717, 1.165) is 24.8 Å². The Hall–Kier alpha value is -2.17. The van der Waals surface area contributed by atoms with E-state index in [1.54, 1.807) is 6.33 Å². The van der Waals surface area contributed by atoms with E-state index in [1.165, 1.54) is 0 Å². The average molecular weight is 256 g/mol. The molecule has 98 valence electrons. The van der Waals surface area contributed by atoms with Gasteiger partial charge in [-0.15, -0.1) is 10.2 Å². The van der Waals surface area contributed by atoms with Crippen molar-refractivity contribution in [3.05, 3.63) is 42.2 Å². The maximum Gasteiger partial charge on any atom is 0.231 e. The zero-order valence-corrected chi connectivity index (χ0v) is 10.6. The lowest BCUT2D eigenvalue weighted by atomic mass is 9.85. The second-order valence-electron chi connectivity index (χ2n) is 4.89. The molecule has 3 rings (SSSR count). The number of carbonyl (C=O) groups excluding carboxylic acids is 1.